The highest BCUT2D eigenvalue weighted by Gasteiger charge is 2.56. The topological polar surface area (TPSA) is 98.2 Å². The van der Waals surface area contributed by atoms with E-state index < -0.39 is 30.0 Å². The number of halogens is 3. The van der Waals surface area contributed by atoms with E-state index >= 15 is 0 Å². The van der Waals surface area contributed by atoms with Crippen LogP contribution in [0.4, 0.5) is 13.2 Å². The molecule has 1 fully saturated rings. The Bertz CT molecular complexity index is 1470. The number of fused-ring (bicyclic) bond motifs is 1. The largest absolute Gasteiger partial charge is 0.508 e. The van der Waals surface area contributed by atoms with Crippen molar-refractivity contribution in [1.82, 2.24) is 24.8 Å². The molecule has 0 amide bonds. The zero-order chi connectivity index (χ0) is 28.5. The fourth-order valence-corrected chi connectivity index (χ4v) is 5.75. The number of benzene rings is 1. The van der Waals surface area contributed by atoms with Crippen molar-refractivity contribution in [2.75, 3.05) is 13.1 Å². The number of piperidine rings is 1. The van der Waals surface area contributed by atoms with Crippen molar-refractivity contribution in [2.24, 2.45) is 0 Å². The van der Waals surface area contributed by atoms with Crippen LogP contribution < -0.4 is 0 Å². The molecule has 0 radical (unpaired) electrons. The van der Waals surface area contributed by atoms with E-state index in [0.29, 0.717) is 28.7 Å². The number of phenols is 1. The van der Waals surface area contributed by atoms with Crippen LogP contribution >= 0.6 is 0 Å². The highest BCUT2D eigenvalue weighted by Crippen LogP contribution is 2.45. The van der Waals surface area contributed by atoms with Gasteiger partial charge in [-0.15, -0.1) is 0 Å². The number of alkyl halides is 3. The van der Waals surface area contributed by atoms with Gasteiger partial charge in [0, 0.05) is 42.2 Å². The lowest BCUT2D eigenvalue weighted by atomic mass is 9.72. The van der Waals surface area contributed by atoms with Crippen LogP contribution in [-0.4, -0.2) is 59.9 Å². The number of H-pyrrole nitrogens is 1. The summed E-state index contributed by atoms with van der Waals surface area (Å²) in [5.41, 5.74) is -0.399. The molecule has 3 aromatic heterocycles. The minimum absolute atomic E-state index is 0.147. The van der Waals surface area contributed by atoms with Gasteiger partial charge in [-0.25, -0.2) is 15.0 Å². The fraction of sp³-hybridized carbons (Fsp3) is 0.433. The number of nitrogens with zero attached hydrogens (tertiary/aromatic N) is 4. The Morgan fingerprint density at radius 2 is 1.68 bits per heavy atom. The molecular weight excluding hydrogens is 519 g/mol. The monoisotopic (exact) mass is 553 g/mol. The summed E-state index contributed by atoms with van der Waals surface area (Å²) in [6, 6.07) is 10.0. The van der Waals surface area contributed by atoms with E-state index in [-0.39, 0.29) is 17.0 Å². The van der Waals surface area contributed by atoms with Gasteiger partial charge < -0.3 is 15.2 Å². The number of phenolic OH excluding ortho intramolecular Hbond substituents is 1. The number of pyridine rings is 1. The van der Waals surface area contributed by atoms with E-state index in [1.54, 1.807) is 44.4 Å². The van der Waals surface area contributed by atoms with Gasteiger partial charge in [-0.1, -0.05) is 26.3 Å². The summed E-state index contributed by atoms with van der Waals surface area (Å²) < 4.78 is 43.5. The van der Waals surface area contributed by atoms with Gasteiger partial charge in [0.2, 0.25) is 0 Å². The SMILES string of the molecule is CC(C)(CC(O)(Cc1cc2nc(CN3CCCCC3)ccc2[nH]1)C(F)(F)F)c1cc(-c2cncnc2)ccc1O. The second kappa shape index (κ2) is 10.8. The normalized spacial score (nSPS) is 16.8. The number of aromatic hydroxyl groups is 1. The molecule has 4 aromatic rings. The number of nitrogens with one attached hydrogen (secondary N) is 1. The predicted octanol–water partition coefficient (Wildman–Crippen LogP) is 5.92. The lowest BCUT2D eigenvalue weighted by Gasteiger charge is -2.38. The third-order valence-corrected chi connectivity index (χ3v) is 7.79. The van der Waals surface area contributed by atoms with Crippen molar-refractivity contribution in [3.63, 3.8) is 0 Å². The quantitative estimate of drug-likeness (QED) is 0.251. The standard InChI is InChI=1S/C30H34F3N5O2/c1-28(2,24-12-20(6-9-27(24)39)21-15-34-19-35-16-21)18-29(40,30(31,32)33)14-23-13-26-25(37-23)8-7-22(36-26)17-38-10-4-3-5-11-38/h6-9,12-13,15-16,19,37,39-40H,3-5,10-11,14,17-18H2,1-2H3. The summed E-state index contributed by atoms with van der Waals surface area (Å²) in [7, 11) is 0. The Morgan fingerprint density at radius 1 is 0.950 bits per heavy atom. The molecule has 3 N–H and O–H groups in total. The van der Waals surface area contributed by atoms with E-state index in [0.717, 1.165) is 31.6 Å². The first-order valence-corrected chi connectivity index (χ1v) is 13.5. The Morgan fingerprint density at radius 3 is 2.38 bits per heavy atom. The third kappa shape index (κ3) is 5.97. The summed E-state index contributed by atoms with van der Waals surface area (Å²) in [5.74, 6) is -0.147. The van der Waals surface area contributed by atoms with Crippen molar-refractivity contribution in [3.05, 3.63) is 72.1 Å². The summed E-state index contributed by atoms with van der Waals surface area (Å²) in [6.07, 6.45) is 1.84. The molecule has 40 heavy (non-hydrogen) atoms. The first-order chi connectivity index (χ1) is 18.9. The second-order valence-electron chi connectivity index (χ2n) is 11.5. The van der Waals surface area contributed by atoms with Crippen molar-refractivity contribution in [2.45, 2.75) is 69.7 Å². The number of aromatic nitrogens is 4. The van der Waals surface area contributed by atoms with Gasteiger partial charge in [0.1, 0.15) is 12.1 Å². The number of rotatable bonds is 8. The van der Waals surface area contributed by atoms with Crippen molar-refractivity contribution < 1.29 is 23.4 Å². The minimum atomic E-state index is -4.92. The van der Waals surface area contributed by atoms with E-state index in [4.69, 9.17) is 0 Å². The lowest BCUT2D eigenvalue weighted by Crippen LogP contribution is -2.50. The molecule has 1 aliphatic heterocycles. The number of likely N-dealkylation sites (tertiary alicyclic amines) is 1. The summed E-state index contributed by atoms with van der Waals surface area (Å²) in [4.78, 5) is 18.0. The Balaban J connectivity index is 1.41. The highest BCUT2D eigenvalue weighted by atomic mass is 19.4. The smallest absolute Gasteiger partial charge is 0.417 e. The Hall–Kier alpha value is -3.50. The van der Waals surface area contributed by atoms with Crippen LogP contribution in [0, 0.1) is 0 Å². The van der Waals surface area contributed by atoms with Crippen LogP contribution in [-0.2, 0) is 18.4 Å². The average Bonchev–Trinajstić information content (AvgIpc) is 3.30. The van der Waals surface area contributed by atoms with Crippen LogP contribution in [0.3, 0.4) is 0 Å². The maximum atomic E-state index is 14.5. The maximum Gasteiger partial charge on any atom is 0.417 e. The van der Waals surface area contributed by atoms with Crippen molar-refractivity contribution in [3.8, 4) is 16.9 Å². The van der Waals surface area contributed by atoms with Gasteiger partial charge >= 0.3 is 6.18 Å². The van der Waals surface area contributed by atoms with E-state index in [1.165, 1.54) is 18.8 Å². The third-order valence-electron chi connectivity index (χ3n) is 7.79. The first kappa shape index (κ1) is 28.0. The molecule has 0 spiro atoms. The Labute approximate surface area is 231 Å². The molecule has 4 heterocycles. The molecule has 0 saturated carbocycles. The number of hydrogen-bond acceptors (Lipinski definition) is 6. The molecule has 1 aromatic carbocycles. The highest BCUT2D eigenvalue weighted by molar-refractivity contribution is 5.76. The maximum absolute atomic E-state index is 14.5. The van der Waals surface area contributed by atoms with Crippen molar-refractivity contribution >= 4 is 11.0 Å². The van der Waals surface area contributed by atoms with E-state index in [2.05, 4.69) is 24.8 Å². The van der Waals surface area contributed by atoms with Gasteiger partial charge in [0.05, 0.1) is 16.7 Å². The molecule has 0 bridgehead atoms. The van der Waals surface area contributed by atoms with Gasteiger partial charge in [0.15, 0.2) is 5.60 Å². The molecule has 7 nitrogen and oxygen atoms in total. The van der Waals surface area contributed by atoms with Gasteiger partial charge in [-0.2, -0.15) is 13.2 Å². The molecule has 1 saturated heterocycles. The second-order valence-corrected chi connectivity index (χ2v) is 11.5. The van der Waals surface area contributed by atoms with E-state index in [1.807, 2.05) is 12.1 Å². The zero-order valence-corrected chi connectivity index (χ0v) is 22.7. The number of hydrogen-bond donors (Lipinski definition) is 3. The van der Waals surface area contributed by atoms with Crippen LogP contribution in [0.1, 0.15) is 56.5 Å². The van der Waals surface area contributed by atoms with Crippen LogP contribution in [0.25, 0.3) is 22.2 Å². The average molecular weight is 554 g/mol. The predicted molar refractivity (Wildman–Crippen MR) is 147 cm³/mol. The van der Waals surface area contributed by atoms with Crippen molar-refractivity contribution in [1.29, 1.82) is 0 Å². The molecular formula is C30H34F3N5O2. The lowest BCUT2D eigenvalue weighted by molar-refractivity contribution is -0.266. The molecule has 1 atom stereocenters. The first-order valence-electron chi connectivity index (χ1n) is 13.5. The summed E-state index contributed by atoms with van der Waals surface area (Å²) in [6.45, 7) is 5.91. The minimum Gasteiger partial charge on any atom is -0.508 e. The van der Waals surface area contributed by atoms with Crippen LogP contribution in [0.2, 0.25) is 0 Å². The van der Waals surface area contributed by atoms with Gasteiger partial charge in [-0.05, 0) is 73.7 Å². The molecule has 0 aliphatic carbocycles. The zero-order valence-electron chi connectivity index (χ0n) is 22.7. The van der Waals surface area contributed by atoms with Crippen LogP contribution in [0.5, 0.6) is 5.75 Å². The molecule has 5 rings (SSSR count). The van der Waals surface area contributed by atoms with E-state index in [9.17, 15) is 23.4 Å². The van der Waals surface area contributed by atoms with Gasteiger partial charge in [-0.3, -0.25) is 4.90 Å². The molecule has 212 valence electrons. The molecule has 1 unspecified atom stereocenters. The summed E-state index contributed by atoms with van der Waals surface area (Å²) >= 11 is 0. The molecule has 10 heteroatoms. The molecule has 1 aliphatic rings. The number of aliphatic hydroxyl groups is 1. The number of aromatic amines is 1. The fourth-order valence-electron chi connectivity index (χ4n) is 5.75. The summed E-state index contributed by atoms with van der Waals surface area (Å²) in [5, 5.41) is 21.8. The Kier molecular flexibility index (Phi) is 7.58. The van der Waals surface area contributed by atoms with Gasteiger partial charge in [0.25, 0.3) is 0 Å². The van der Waals surface area contributed by atoms with Crippen LogP contribution in [0.15, 0.2) is 55.1 Å².